The molecule has 0 aromatic heterocycles. The SMILES string of the molecule is CCCC(=O)c1c(O)c(C)c(O)c(C2=C(c3cc(C)c4ccccc4c3)CC2)c1O.N. The van der Waals surface area contributed by atoms with Crippen molar-refractivity contribution in [2.45, 2.75) is 46.5 Å². The Morgan fingerprint density at radius 1 is 0.935 bits per heavy atom. The van der Waals surface area contributed by atoms with E-state index in [1.165, 1.54) is 5.39 Å². The van der Waals surface area contributed by atoms with Crippen LogP contribution in [0.4, 0.5) is 0 Å². The normalized spacial score (nSPS) is 13.1. The summed E-state index contributed by atoms with van der Waals surface area (Å²) < 4.78 is 0. The largest absolute Gasteiger partial charge is 0.507 e. The number of hydrogen-bond donors (Lipinski definition) is 4. The number of carbonyl (C=O) groups excluding carboxylic acids is 1. The second-order valence-electron chi connectivity index (χ2n) is 8.07. The van der Waals surface area contributed by atoms with E-state index in [1.54, 1.807) is 6.92 Å². The Morgan fingerprint density at radius 3 is 2.26 bits per heavy atom. The molecular formula is C26H29NO4. The number of Topliss-reactive ketones (excluding diaryl/α,β-unsaturated/α-hetero) is 1. The highest BCUT2D eigenvalue weighted by atomic mass is 16.3. The first-order valence-electron chi connectivity index (χ1n) is 10.4. The third-order valence-corrected chi connectivity index (χ3v) is 6.12. The molecule has 0 saturated heterocycles. The topological polar surface area (TPSA) is 113 Å². The van der Waals surface area contributed by atoms with Crippen LogP contribution < -0.4 is 6.15 Å². The van der Waals surface area contributed by atoms with E-state index in [0.29, 0.717) is 12.8 Å². The summed E-state index contributed by atoms with van der Waals surface area (Å²) in [5.41, 5.74) is 4.50. The van der Waals surface area contributed by atoms with Crippen molar-refractivity contribution in [3.63, 3.8) is 0 Å². The molecule has 0 heterocycles. The van der Waals surface area contributed by atoms with Crippen LogP contribution in [0.25, 0.3) is 21.9 Å². The van der Waals surface area contributed by atoms with Crippen LogP contribution in [-0.4, -0.2) is 21.1 Å². The van der Waals surface area contributed by atoms with Crippen LogP contribution in [0.3, 0.4) is 0 Å². The summed E-state index contributed by atoms with van der Waals surface area (Å²) >= 11 is 0. The van der Waals surface area contributed by atoms with Gasteiger partial charge in [-0.25, -0.2) is 0 Å². The van der Waals surface area contributed by atoms with Crippen molar-refractivity contribution >= 4 is 27.7 Å². The van der Waals surface area contributed by atoms with Crippen molar-refractivity contribution in [1.82, 2.24) is 6.15 Å². The van der Waals surface area contributed by atoms with Gasteiger partial charge in [0.15, 0.2) is 5.78 Å². The molecular weight excluding hydrogens is 390 g/mol. The Labute approximate surface area is 182 Å². The highest BCUT2D eigenvalue weighted by molar-refractivity contribution is 6.07. The van der Waals surface area contributed by atoms with Gasteiger partial charge in [-0.15, -0.1) is 0 Å². The number of phenolic OH excluding ortho intramolecular Hbond substituents is 3. The molecule has 0 amide bonds. The molecule has 162 valence electrons. The van der Waals surface area contributed by atoms with E-state index in [4.69, 9.17) is 0 Å². The molecule has 0 bridgehead atoms. The van der Waals surface area contributed by atoms with Gasteiger partial charge in [-0.1, -0.05) is 37.3 Å². The van der Waals surface area contributed by atoms with Gasteiger partial charge in [0.05, 0.1) is 5.56 Å². The molecule has 0 spiro atoms. The molecule has 1 aliphatic carbocycles. The van der Waals surface area contributed by atoms with Crippen molar-refractivity contribution in [3.8, 4) is 17.2 Å². The molecule has 5 nitrogen and oxygen atoms in total. The monoisotopic (exact) mass is 419 g/mol. The van der Waals surface area contributed by atoms with Gasteiger partial charge in [0, 0.05) is 12.0 Å². The summed E-state index contributed by atoms with van der Waals surface area (Å²) in [5, 5.41) is 34.4. The molecule has 6 N–H and O–H groups in total. The number of allylic oxidation sites excluding steroid dienone is 2. The number of carbonyl (C=O) groups is 1. The van der Waals surface area contributed by atoms with Crippen LogP contribution in [0.1, 0.15) is 65.2 Å². The molecule has 4 rings (SSSR count). The summed E-state index contributed by atoms with van der Waals surface area (Å²) in [6, 6.07) is 12.5. The lowest BCUT2D eigenvalue weighted by atomic mass is 9.77. The van der Waals surface area contributed by atoms with Crippen LogP contribution in [0.5, 0.6) is 17.2 Å². The quantitative estimate of drug-likeness (QED) is 0.356. The van der Waals surface area contributed by atoms with Gasteiger partial charge in [0.2, 0.25) is 0 Å². The number of aromatic hydroxyl groups is 3. The molecule has 31 heavy (non-hydrogen) atoms. The summed E-state index contributed by atoms with van der Waals surface area (Å²) in [4.78, 5) is 12.6. The fraction of sp³-hybridized carbons (Fsp3) is 0.269. The van der Waals surface area contributed by atoms with Gasteiger partial charge < -0.3 is 21.5 Å². The zero-order valence-corrected chi connectivity index (χ0v) is 18.2. The highest BCUT2D eigenvalue weighted by Crippen LogP contribution is 2.52. The van der Waals surface area contributed by atoms with Crippen LogP contribution in [0, 0.1) is 13.8 Å². The Kier molecular flexibility index (Phi) is 6.09. The maximum atomic E-state index is 12.6. The summed E-state index contributed by atoms with van der Waals surface area (Å²) in [5.74, 6) is -1.14. The lowest BCUT2D eigenvalue weighted by Gasteiger charge is -2.28. The molecule has 0 fully saturated rings. The minimum absolute atomic E-state index is 0. The van der Waals surface area contributed by atoms with Crippen molar-refractivity contribution in [2.75, 3.05) is 0 Å². The predicted molar refractivity (Wildman–Crippen MR) is 125 cm³/mol. The molecule has 0 radical (unpaired) electrons. The standard InChI is InChI=1S/C26H26O4.H3N/c1-4-7-21(27)23-25(29)15(3)24(28)22(26(23)30)20-11-10-19(20)17-12-14(2)18-9-6-5-8-16(18)13-17;/h5-6,8-9,12-13,28-30H,4,7,10-11H2,1-3H3;1H3. The van der Waals surface area contributed by atoms with Gasteiger partial charge in [0.25, 0.3) is 0 Å². The zero-order chi connectivity index (χ0) is 21.6. The van der Waals surface area contributed by atoms with Crippen LogP contribution in [0.15, 0.2) is 36.4 Å². The van der Waals surface area contributed by atoms with Crippen molar-refractivity contribution < 1.29 is 20.1 Å². The first kappa shape index (κ1) is 22.4. The van der Waals surface area contributed by atoms with Crippen LogP contribution in [-0.2, 0) is 0 Å². The Morgan fingerprint density at radius 2 is 1.61 bits per heavy atom. The lowest BCUT2D eigenvalue weighted by molar-refractivity contribution is 0.0976. The number of benzene rings is 3. The molecule has 0 atom stereocenters. The third-order valence-electron chi connectivity index (χ3n) is 6.12. The Bertz CT molecular complexity index is 1220. The lowest BCUT2D eigenvalue weighted by Crippen LogP contribution is -2.08. The first-order valence-corrected chi connectivity index (χ1v) is 10.4. The van der Waals surface area contributed by atoms with E-state index < -0.39 is 0 Å². The maximum Gasteiger partial charge on any atom is 0.170 e. The fourth-order valence-electron chi connectivity index (χ4n) is 4.38. The van der Waals surface area contributed by atoms with E-state index in [2.05, 4.69) is 31.2 Å². The highest BCUT2D eigenvalue weighted by Gasteiger charge is 2.31. The first-order chi connectivity index (χ1) is 14.3. The van der Waals surface area contributed by atoms with Gasteiger partial charge in [-0.3, -0.25) is 4.79 Å². The number of aryl methyl sites for hydroxylation is 1. The van der Waals surface area contributed by atoms with E-state index >= 15 is 0 Å². The maximum absolute atomic E-state index is 12.6. The van der Waals surface area contributed by atoms with E-state index in [0.717, 1.165) is 34.1 Å². The fourth-order valence-corrected chi connectivity index (χ4v) is 4.38. The summed E-state index contributed by atoms with van der Waals surface area (Å²) in [6.07, 6.45) is 2.34. The van der Waals surface area contributed by atoms with Crippen molar-refractivity contribution in [3.05, 3.63) is 64.2 Å². The zero-order valence-electron chi connectivity index (χ0n) is 18.2. The average Bonchev–Trinajstić information content (AvgIpc) is 2.69. The molecule has 0 saturated carbocycles. The Balaban J connectivity index is 0.00000272. The second-order valence-corrected chi connectivity index (χ2v) is 8.07. The smallest absolute Gasteiger partial charge is 0.170 e. The minimum atomic E-state index is -0.338. The summed E-state index contributed by atoms with van der Waals surface area (Å²) in [6.45, 7) is 5.51. The minimum Gasteiger partial charge on any atom is -0.507 e. The molecule has 1 aliphatic rings. The number of ketones is 1. The van der Waals surface area contributed by atoms with Gasteiger partial charge in [-0.05, 0) is 72.2 Å². The van der Waals surface area contributed by atoms with Crippen LogP contribution in [0.2, 0.25) is 0 Å². The molecule has 3 aromatic carbocycles. The van der Waals surface area contributed by atoms with E-state index in [1.807, 2.05) is 19.1 Å². The van der Waals surface area contributed by atoms with E-state index in [-0.39, 0.29) is 52.3 Å². The number of hydrogen-bond acceptors (Lipinski definition) is 5. The van der Waals surface area contributed by atoms with Crippen molar-refractivity contribution in [1.29, 1.82) is 0 Å². The third kappa shape index (κ3) is 3.55. The molecule has 0 aliphatic heterocycles. The Hall–Kier alpha value is -3.31. The van der Waals surface area contributed by atoms with Crippen LogP contribution >= 0.6 is 0 Å². The van der Waals surface area contributed by atoms with Gasteiger partial charge >= 0.3 is 0 Å². The number of fused-ring (bicyclic) bond motifs is 1. The number of rotatable bonds is 5. The van der Waals surface area contributed by atoms with Crippen molar-refractivity contribution in [2.24, 2.45) is 0 Å². The second kappa shape index (κ2) is 8.44. The summed E-state index contributed by atoms with van der Waals surface area (Å²) in [7, 11) is 0. The molecule has 3 aromatic rings. The van der Waals surface area contributed by atoms with Gasteiger partial charge in [0.1, 0.15) is 22.8 Å². The molecule has 0 unspecified atom stereocenters. The van der Waals surface area contributed by atoms with Gasteiger partial charge in [-0.2, -0.15) is 0 Å². The number of phenols is 3. The average molecular weight is 420 g/mol. The van der Waals surface area contributed by atoms with E-state index in [9.17, 15) is 20.1 Å². The molecule has 5 heteroatoms. The predicted octanol–water partition coefficient (Wildman–Crippen LogP) is 6.42.